The van der Waals surface area contributed by atoms with Crippen LogP contribution in [0.1, 0.15) is 62.2 Å². The number of para-hydroxylation sites is 1. The maximum atomic E-state index is 14.6. The first-order valence-electron chi connectivity index (χ1n) is 26.4. The lowest BCUT2D eigenvalue weighted by atomic mass is 9.94. The molecule has 0 spiro atoms. The van der Waals surface area contributed by atoms with E-state index in [4.69, 9.17) is 11.3 Å². The summed E-state index contributed by atoms with van der Waals surface area (Å²) in [7, 11) is 0. The van der Waals surface area contributed by atoms with Gasteiger partial charge in [0.2, 0.25) is 0 Å². The molecule has 5 aromatic carbocycles. The predicted octanol–water partition coefficient (Wildman–Crippen LogP) is 12.6. The van der Waals surface area contributed by atoms with Gasteiger partial charge in [0.15, 0.2) is 0 Å². The van der Waals surface area contributed by atoms with Gasteiger partial charge in [0.1, 0.15) is 17.0 Å². The van der Waals surface area contributed by atoms with E-state index in [1.807, 2.05) is 0 Å². The van der Waals surface area contributed by atoms with Gasteiger partial charge in [0, 0.05) is 72.7 Å². The third-order valence-corrected chi connectivity index (χ3v) is 9.14. The fraction of sp³-hybridized carbons (Fsp3) is 0.135. The van der Waals surface area contributed by atoms with E-state index in [9.17, 15) is 20.8 Å². The molecule has 278 valence electrons. The fourth-order valence-corrected chi connectivity index (χ4v) is 6.32. The number of pyridine rings is 3. The van der Waals surface area contributed by atoms with Crippen molar-refractivity contribution in [3.63, 3.8) is 0 Å². The molecule has 4 nitrogen and oxygen atoms in total. The molecule has 4 aromatic heterocycles. The quantitative estimate of drug-likeness (QED) is 0.124. The maximum Gasteiger partial charge on any atom is 0.144 e. The molecule has 5 heteroatoms. The van der Waals surface area contributed by atoms with Gasteiger partial charge in [-0.15, -0.1) is 0 Å². The first-order valence-corrected chi connectivity index (χ1v) is 17.9. The maximum absolute atomic E-state index is 14.6. The Morgan fingerprint density at radius 3 is 1.79 bits per heavy atom. The number of furan rings is 1. The number of halogens is 1. The van der Waals surface area contributed by atoms with Crippen LogP contribution in [0, 0.1) is 12.7 Å². The summed E-state index contributed by atoms with van der Waals surface area (Å²) in [4.78, 5) is 13.1. The summed E-state index contributed by atoms with van der Waals surface area (Å²) in [6.07, 6.45) is -16.3. The van der Waals surface area contributed by atoms with E-state index < -0.39 is 90.8 Å². The molecule has 0 radical (unpaired) electrons. The molecule has 0 N–H and O–H groups in total. The zero-order valence-electron chi connectivity index (χ0n) is 47.1. The first kappa shape index (κ1) is 21.5. The lowest BCUT2D eigenvalue weighted by Gasteiger charge is -2.12. The van der Waals surface area contributed by atoms with Crippen LogP contribution in [-0.4, -0.2) is 15.0 Å². The molecule has 0 atom stereocenters. The molecule has 9 aromatic rings. The number of fused-ring (bicyclic) bond motifs is 3. The van der Waals surface area contributed by atoms with Crippen molar-refractivity contribution in [1.29, 1.82) is 0 Å². The van der Waals surface area contributed by atoms with Crippen LogP contribution >= 0.6 is 0 Å². The fourth-order valence-electron chi connectivity index (χ4n) is 6.32. The number of rotatable bonds is 12. The minimum atomic E-state index is -3.40. The summed E-state index contributed by atoms with van der Waals surface area (Å²) < 4.78 is 174. The van der Waals surface area contributed by atoms with Crippen LogP contribution in [0.5, 0.6) is 0 Å². The molecule has 0 unspecified atom stereocenters. The molecular formula is C52H42FN3O. The van der Waals surface area contributed by atoms with Gasteiger partial charge in [-0.3, -0.25) is 15.0 Å². The highest BCUT2D eigenvalue weighted by Crippen LogP contribution is 2.35. The van der Waals surface area contributed by atoms with Gasteiger partial charge in [0.05, 0.1) is 19.8 Å². The standard InChI is InChI=1S/C52H42FN3O/c1-35-27-50(42-11-6-3-7-12-42)56-34-43(35)22-19-40-29-38(17-15-36-20-25-48(54-32-36)41-9-4-2-5-10-41)28-39(30-40)18-16-37-21-26-49(55-33-37)47-14-8-13-46-45-24-23-44(53)31-51(45)57-52(46)47/h2-14,20-21,23-34H,15-19,22H2,1H3/i1D3,15D2,16D2,17D2,18D2,19D2,22D2,23D,31D. The molecule has 0 aliphatic rings. The average molecular weight is 761 g/mol. The minimum Gasteiger partial charge on any atom is -0.455 e. The molecule has 0 aliphatic carbocycles. The second kappa shape index (κ2) is 16.2. The van der Waals surface area contributed by atoms with Gasteiger partial charge in [-0.05, 0) is 120 Å². The van der Waals surface area contributed by atoms with Crippen LogP contribution in [0.2, 0.25) is 0 Å². The van der Waals surface area contributed by atoms with Crippen molar-refractivity contribution >= 4 is 21.9 Å². The zero-order valence-corrected chi connectivity index (χ0v) is 30.1. The number of hydrogen-bond acceptors (Lipinski definition) is 4. The Hall–Kier alpha value is -6.72. The topological polar surface area (TPSA) is 51.8 Å². The van der Waals surface area contributed by atoms with E-state index in [2.05, 4.69) is 15.0 Å². The van der Waals surface area contributed by atoms with E-state index in [-0.39, 0.29) is 33.7 Å². The van der Waals surface area contributed by atoms with Crippen LogP contribution in [0.15, 0.2) is 169 Å². The normalized spacial score (nSPS) is 17.5. The Kier molecular flexibility index (Phi) is 6.11. The van der Waals surface area contributed by atoms with Crippen LogP contribution < -0.4 is 0 Å². The summed E-state index contributed by atoms with van der Waals surface area (Å²) in [5.74, 6) is -1.07. The van der Waals surface area contributed by atoms with E-state index >= 15 is 0 Å². The van der Waals surface area contributed by atoms with Gasteiger partial charge in [-0.2, -0.15) is 0 Å². The summed E-state index contributed by atoms with van der Waals surface area (Å²) >= 11 is 0. The number of benzene rings is 5. The average Bonchev–Trinajstić information content (AvgIpc) is 3.76. The van der Waals surface area contributed by atoms with Crippen molar-refractivity contribution in [2.75, 3.05) is 0 Å². The van der Waals surface area contributed by atoms with Gasteiger partial charge in [0.25, 0.3) is 0 Å². The number of aromatic nitrogens is 3. The summed E-state index contributed by atoms with van der Waals surface area (Å²) in [6, 6.07) is 31.4. The molecule has 0 bridgehead atoms. The van der Waals surface area contributed by atoms with Gasteiger partial charge in [-0.25, -0.2) is 4.39 Å². The van der Waals surface area contributed by atoms with Crippen LogP contribution in [0.25, 0.3) is 55.7 Å². The van der Waals surface area contributed by atoms with Crippen molar-refractivity contribution in [2.45, 2.75) is 45.1 Å². The molecule has 9 rings (SSSR count). The smallest absolute Gasteiger partial charge is 0.144 e. The van der Waals surface area contributed by atoms with Crippen molar-refractivity contribution < 1.29 is 32.1 Å². The molecule has 0 aliphatic heterocycles. The number of nitrogens with zero attached hydrogens (tertiary/aromatic N) is 3. The Bertz CT molecular complexity index is 3590. The van der Waals surface area contributed by atoms with Gasteiger partial charge in [-0.1, -0.05) is 103 Å². The summed E-state index contributed by atoms with van der Waals surface area (Å²) in [5.41, 5.74) is -1.77. The lowest BCUT2D eigenvalue weighted by molar-refractivity contribution is 0.618. The Balaban J connectivity index is 1.16. The van der Waals surface area contributed by atoms with Gasteiger partial charge >= 0.3 is 0 Å². The number of hydrogen-bond donors (Lipinski definition) is 0. The largest absolute Gasteiger partial charge is 0.455 e. The molecule has 0 saturated carbocycles. The van der Waals surface area contributed by atoms with Crippen molar-refractivity contribution in [1.82, 2.24) is 15.0 Å². The Morgan fingerprint density at radius 2 is 1.16 bits per heavy atom. The van der Waals surface area contributed by atoms with Crippen LogP contribution in [-0.2, 0) is 38.2 Å². The van der Waals surface area contributed by atoms with E-state index in [0.717, 1.165) is 42.9 Å². The SMILES string of the molecule is [2H]c1cc2c(oc3c(-c4ccc(C([2H])([2H])C([2H])([2H])c5cc(C([2H])([2H])C([2H])([2H])c6ccc(-c7ccccc7)nc6)cc(C([2H])([2H])C([2H])([2H])c6cnc(-c7ccccc7)cc6C([2H])([2H])[2H])c5)cn4)cccc32)c([2H])c1F. The second-order valence-corrected chi connectivity index (χ2v) is 13.0. The van der Waals surface area contributed by atoms with Crippen molar-refractivity contribution in [3.8, 4) is 33.8 Å². The van der Waals surface area contributed by atoms with Gasteiger partial charge < -0.3 is 4.42 Å². The highest BCUT2D eigenvalue weighted by Gasteiger charge is 2.14. The Labute approximate surface area is 356 Å². The first-order chi connectivity index (χ1) is 34.6. The molecule has 57 heavy (non-hydrogen) atoms. The minimum absolute atomic E-state index is 0.105. The molecule has 0 amide bonds. The summed E-state index contributed by atoms with van der Waals surface area (Å²) in [5, 5.41) is 0.751. The van der Waals surface area contributed by atoms with E-state index in [1.54, 1.807) is 78.9 Å². The van der Waals surface area contributed by atoms with E-state index in [0.29, 0.717) is 33.2 Å². The third kappa shape index (κ3) is 8.15. The van der Waals surface area contributed by atoms with E-state index in [1.165, 1.54) is 30.3 Å². The highest BCUT2D eigenvalue weighted by atomic mass is 19.1. The molecular weight excluding hydrogens is 702 g/mol. The lowest BCUT2D eigenvalue weighted by Crippen LogP contribution is -2.01. The third-order valence-electron chi connectivity index (χ3n) is 9.14. The van der Waals surface area contributed by atoms with Crippen molar-refractivity contribution in [2.24, 2.45) is 0 Å². The van der Waals surface area contributed by atoms with Crippen LogP contribution in [0.4, 0.5) is 4.39 Å². The van der Waals surface area contributed by atoms with Crippen LogP contribution in [0.3, 0.4) is 0 Å². The second-order valence-electron chi connectivity index (χ2n) is 13.0. The predicted molar refractivity (Wildman–Crippen MR) is 230 cm³/mol. The number of aryl methyl sites for hydroxylation is 7. The zero-order chi connectivity index (χ0) is 53.6. The monoisotopic (exact) mass is 760 g/mol. The molecule has 0 saturated heterocycles. The summed E-state index contributed by atoms with van der Waals surface area (Å²) in [6.45, 7) is -3.03. The van der Waals surface area contributed by atoms with Crippen molar-refractivity contribution in [3.05, 3.63) is 209 Å². The molecule has 0 fully saturated rings. The Morgan fingerprint density at radius 1 is 0.561 bits per heavy atom. The molecule has 4 heterocycles. The highest BCUT2D eigenvalue weighted by molar-refractivity contribution is 6.09.